The average molecular weight is 359 g/mol. The number of nitrogens with two attached hydrogens (primary N) is 1. The second kappa shape index (κ2) is 9.02. The molecule has 0 spiro atoms. The summed E-state index contributed by atoms with van der Waals surface area (Å²) in [6, 6.07) is 3.45. The highest BCUT2D eigenvalue weighted by molar-refractivity contribution is 9.10. The molecule has 3 N–H and O–H groups in total. The third-order valence-electron chi connectivity index (χ3n) is 3.27. The summed E-state index contributed by atoms with van der Waals surface area (Å²) in [7, 11) is 0. The summed E-state index contributed by atoms with van der Waals surface area (Å²) >= 11 is 3.39. The maximum atomic E-state index is 12.0. The van der Waals surface area contributed by atoms with Crippen molar-refractivity contribution in [2.24, 2.45) is 0 Å². The van der Waals surface area contributed by atoms with Gasteiger partial charge in [0.05, 0.1) is 17.9 Å². The zero-order valence-corrected chi connectivity index (χ0v) is 14.1. The highest BCUT2D eigenvalue weighted by Crippen LogP contribution is 2.27. The first-order chi connectivity index (χ1) is 10.0. The van der Waals surface area contributed by atoms with E-state index in [1.807, 2.05) is 0 Å². The number of ether oxygens (including phenoxy) is 1. The van der Waals surface area contributed by atoms with Crippen molar-refractivity contribution in [3.8, 4) is 0 Å². The number of aliphatic hydroxyl groups is 1. The molecule has 0 aromatic heterocycles. The van der Waals surface area contributed by atoms with Gasteiger partial charge in [0.15, 0.2) is 0 Å². The molecular weight excluding hydrogens is 336 g/mol. The van der Waals surface area contributed by atoms with Crippen LogP contribution in [0.5, 0.6) is 0 Å². The average Bonchev–Trinajstić information content (AvgIpc) is 2.48. The van der Waals surface area contributed by atoms with Gasteiger partial charge in [-0.25, -0.2) is 4.79 Å². The Morgan fingerprint density at radius 2 is 2.05 bits per heavy atom. The predicted octanol–water partition coefficient (Wildman–Crippen LogP) is 2.41. The summed E-state index contributed by atoms with van der Waals surface area (Å²) in [4.78, 5) is 14.2. The van der Waals surface area contributed by atoms with Crippen molar-refractivity contribution in [3.63, 3.8) is 0 Å². The molecule has 0 aliphatic heterocycles. The topological polar surface area (TPSA) is 75.8 Å². The van der Waals surface area contributed by atoms with Gasteiger partial charge in [-0.15, -0.1) is 0 Å². The number of halogens is 1. The molecule has 118 valence electrons. The minimum absolute atomic E-state index is 0.00588. The van der Waals surface area contributed by atoms with Crippen molar-refractivity contribution in [2.45, 2.75) is 26.8 Å². The quantitative estimate of drug-likeness (QED) is 0.424. The molecule has 1 rings (SSSR count). The van der Waals surface area contributed by atoms with Crippen molar-refractivity contribution >= 4 is 27.6 Å². The molecule has 5 nitrogen and oxygen atoms in total. The standard InChI is InChI=1S/C15H23BrN2O3/c1-3-18(4-2)10-12-8-11(9-13(16)14(12)17)15(20)21-7-5-6-19/h8-9,19H,3-7,10,17H2,1-2H3. The van der Waals surface area contributed by atoms with E-state index < -0.39 is 5.97 Å². The maximum absolute atomic E-state index is 12.0. The van der Waals surface area contributed by atoms with Crippen LogP contribution in [0, 0.1) is 0 Å². The van der Waals surface area contributed by atoms with Gasteiger partial charge in [0.2, 0.25) is 0 Å². The maximum Gasteiger partial charge on any atom is 0.338 e. The molecule has 0 aliphatic rings. The van der Waals surface area contributed by atoms with E-state index in [2.05, 4.69) is 34.7 Å². The smallest absolute Gasteiger partial charge is 0.338 e. The van der Waals surface area contributed by atoms with Crippen LogP contribution in [-0.4, -0.2) is 42.3 Å². The number of hydrogen-bond donors (Lipinski definition) is 2. The Hall–Kier alpha value is -1.11. The van der Waals surface area contributed by atoms with Crippen molar-refractivity contribution in [1.82, 2.24) is 4.90 Å². The molecule has 1 aromatic rings. The van der Waals surface area contributed by atoms with Gasteiger partial charge in [-0.1, -0.05) is 13.8 Å². The predicted molar refractivity (Wildman–Crippen MR) is 87.2 cm³/mol. The van der Waals surface area contributed by atoms with Crippen molar-refractivity contribution < 1.29 is 14.6 Å². The van der Waals surface area contributed by atoms with Crippen LogP contribution >= 0.6 is 15.9 Å². The van der Waals surface area contributed by atoms with Gasteiger partial charge in [0, 0.05) is 24.0 Å². The lowest BCUT2D eigenvalue weighted by molar-refractivity contribution is 0.0482. The summed E-state index contributed by atoms with van der Waals surface area (Å²) in [5.74, 6) is -0.398. The van der Waals surface area contributed by atoms with E-state index in [9.17, 15) is 4.79 Å². The van der Waals surface area contributed by atoms with E-state index in [1.54, 1.807) is 12.1 Å². The van der Waals surface area contributed by atoms with Gasteiger partial charge in [0.25, 0.3) is 0 Å². The van der Waals surface area contributed by atoms with Gasteiger partial charge < -0.3 is 15.6 Å². The Labute approximate surface area is 134 Å². The Morgan fingerprint density at radius 1 is 1.38 bits per heavy atom. The fraction of sp³-hybridized carbons (Fsp3) is 0.533. The van der Waals surface area contributed by atoms with Crippen LogP contribution in [0.4, 0.5) is 5.69 Å². The Morgan fingerprint density at radius 3 is 2.62 bits per heavy atom. The third kappa shape index (κ3) is 5.30. The molecule has 0 heterocycles. The number of nitrogens with zero attached hydrogens (tertiary/aromatic N) is 1. The number of hydrogen-bond acceptors (Lipinski definition) is 5. The lowest BCUT2D eigenvalue weighted by atomic mass is 10.1. The highest BCUT2D eigenvalue weighted by atomic mass is 79.9. The summed E-state index contributed by atoms with van der Waals surface area (Å²) < 4.78 is 5.80. The number of rotatable bonds is 8. The number of anilines is 1. The fourth-order valence-corrected chi connectivity index (χ4v) is 2.43. The first kappa shape index (κ1) is 17.9. The van der Waals surface area contributed by atoms with E-state index in [0.717, 1.165) is 18.7 Å². The molecule has 0 saturated carbocycles. The molecule has 0 bridgehead atoms. The van der Waals surface area contributed by atoms with Crippen LogP contribution in [0.1, 0.15) is 36.2 Å². The molecular formula is C15H23BrN2O3. The van der Waals surface area contributed by atoms with E-state index in [4.69, 9.17) is 15.6 Å². The molecule has 0 amide bonds. The molecule has 0 saturated heterocycles. The number of nitrogen functional groups attached to an aromatic ring is 1. The zero-order chi connectivity index (χ0) is 15.8. The van der Waals surface area contributed by atoms with Gasteiger partial charge in [-0.3, -0.25) is 4.90 Å². The largest absolute Gasteiger partial charge is 0.462 e. The van der Waals surface area contributed by atoms with Crippen LogP contribution in [0.2, 0.25) is 0 Å². The molecule has 0 atom stereocenters. The fourth-order valence-electron chi connectivity index (χ4n) is 1.92. The van der Waals surface area contributed by atoms with E-state index in [1.165, 1.54) is 0 Å². The summed E-state index contributed by atoms with van der Waals surface area (Å²) in [6.07, 6.45) is 0.439. The minimum atomic E-state index is -0.398. The Kier molecular flexibility index (Phi) is 7.71. The second-order valence-corrected chi connectivity index (χ2v) is 5.56. The monoisotopic (exact) mass is 358 g/mol. The second-order valence-electron chi connectivity index (χ2n) is 4.71. The van der Waals surface area contributed by atoms with Crippen LogP contribution in [0.3, 0.4) is 0 Å². The van der Waals surface area contributed by atoms with Gasteiger partial charge in [-0.05, 0) is 46.7 Å². The minimum Gasteiger partial charge on any atom is -0.462 e. The van der Waals surface area contributed by atoms with E-state index in [0.29, 0.717) is 28.7 Å². The van der Waals surface area contributed by atoms with E-state index in [-0.39, 0.29) is 13.2 Å². The zero-order valence-electron chi connectivity index (χ0n) is 12.6. The number of aliphatic hydroxyl groups excluding tert-OH is 1. The normalized spacial score (nSPS) is 10.9. The molecule has 0 unspecified atom stereocenters. The lowest BCUT2D eigenvalue weighted by Crippen LogP contribution is -2.23. The molecule has 21 heavy (non-hydrogen) atoms. The first-order valence-corrected chi connectivity index (χ1v) is 7.90. The van der Waals surface area contributed by atoms with Crippen molar-refractivity contribution in [3.05, 3.63) is 27.7 Å². The van der Waals surface area contributed by atoms with Crippen LogP contribution in [0.25, 0.3) is 0 Å². The van der Waals surface area contributed by atoms with Crippen LogP contribution in [0.15, 0.2) is 16.6 Å². The molecule has 0 radical (unpaired) electrons. The SMILES string of the molecule is CCN(CC)Cc1cc(C(=O)OCCCO)cc(Br)c1N. The summed E-state index contributed by atoms with van der Waals surface area (Å²) in [5.41, 5.74) is 8.09. The molecule has 6 heteroatoms. The Bertz CT molecular complexity index is 476. The van der Waals surface area contributed by atoms with E-state index >= 15 is 0 Å². The molecule has 0 aliphatic carbocycles. The molecule has 0 fully saturated rings. The summed E-state index contributed by atoms with van der Waals surface area (Å²) in [5, 5.41) is 8.71. The molecule has 1 aromatic carbocycles. The number of carbonyl (C=O) groups is 1. The lowest BCUT2D eigenvalue weighted by Gasteiger charge is -2.20. The van der Waals surface area contributed by atoms with Crippen molar-refractivity contribution in [2.75, 3.05) is 32.0 Å². The highest BCUT2D eigenvalue weighted by Gasteiger charge is 2.14. The van der Waals surface area contributed by atoms with Gasteiger partial charge >= 0.3 is 5.97 Å². The van der Waals surface area contributed by atoms with Crippen LogP contribution in [-0.2, 0) is 11.3 Å². The Balaban J connectivity index is 2.92. The van der Waals surface area contributed by atoms with Crippen molar-refractivity contribution in [1.29, 1.82) is 0 Å². The van der Waals surface area contributed by atoms with Gasteiger partial charge in [0.1, 0.15) is 0 Å². The first-order valence-electron chi connectivity index (χ1n) is 7.11. The number of benzene rings is 1. The number of carbonyl (C=O) groups excluding carboxylic acids is 1. The van der Waals surface area contributed by atoms with Crippen LogP contribution < -0.4 is 5.73 Å². The third-order valence-corrected chi connectivity index (χ3v) is 3.93. The summed E-state index contributed by atoms with van der Waals surface area (Å²) in [6.45, 7) is 6.91. The number of esters is 1. The van der Waals surface area contributed by atoms with Gasteiger partial charge in [-0.2, -0.15) is 0 Å².